The zero-order valence-corrected chi connectivity index (χ0v) is 8.35. The van der Waals surface area contributed by atoms with Crippen LogP contribution in [0.4, 0.5) is 0 Å². The van der Waals surface area contributed by atoms with Gasteiger partial charge in [0.15, 0.2) is 9.84 Å². The van der Waals surface area contributed by atoms with Gasteiger partial charge in [-0.25, -0.2) is 8.42 Å². The molecule has 2 rings (SSSR count). The quantitative estimate of drug-likeness (QED) is 0.676. The summed E-state index contributed by atoms with van der Waals surface area (Å²) in [7, 11) is -2.72. The molecule has 2 heterocycles. The van der Waals surface area contributed by atoms with Gasteiger partial charge < -0.3 is 4.74 Å². The molecule has 5 heteroatoms. The number of sulfone groups is 1. The standard InChI is InChI=1S/C8H15NO3S/c10-13(11)4-1-7(6-13)5-8-9-2-3-12-8/h7-9H,1-6H2. The Morgan fingerprint density at radius 2 is 2.31 bits per heavy atom. The predicted molar refractivity (Wildman–Crippen MR) is 49.1 cm³/mol. The Kier molecular flexibility index (Phi) is 2.58. The molecule has 0 aromatic heterocycles. The van der Waals surface area contributed by atoms with Crippen LogP contribution in [-0.2, 0) is 14.6 Å². The molecule has 2 fully saturated rings. The molecular weight excluding hydrogens is 190 g/mol. The summed E-state index contributed by atoms with van der Waals surface area (Å²) in [4.78, 5) is 0. The van der Waals surface area contributed by atoms with Gasteiger partial charge in [-0.15, -0.1) is 0 Å². The Bertz CT molecular complexity index is 269. The van der Waals surface area contributed by atoms with Crippen molar-refractivity contribution in [2.24, 2.45) is 5.92 Å². The van der Waals surface area contributed by atoms with E-state index >= 15 is 0 Å². The second-order valence-electron chi connectivity index (χ2n) is 3.82. The molecule has 2 aliphatic rings. The summed E-state index contributed by atoms with van der Waals surface area (Å²) in [5, 5.41) is 3.19. The van der Waals surface area contributed by atoms with Gasteiger partial charge in [-0.1, -0.05) is 0 Å². The maximum Gasteiger partial charge on any atom is 0.150 e. The SMILES string of the molecule is O=S1(=O)CCC(CC2NCCO2)C1. The third-order valence-electron chi connectivity index (χ3n) is 2.67. The largest absolute Gasteiger partial charge is 0.362 e. The summed E-state index contributed by atoms with van der Waals surface area (Å²) in [5.41, 5.74) is 0. The van der Waals surface area contributed by atoms with Gasteiger partial charge in [0.05, 0.1) is 18.1 Å². The molecular formula is C8H15NO3S. The lowest BCUT2D eigenvalue weighted by Gasteiger charge is -2.13. The van der Waals surface area contributed by atoms with Crippen molar-refractivity contribution in [3.63, 3.8) is 0 Å². The van der Waals surface area contributed by atoms with E-state index in [4.69, 9.17) is 4.74 Å². The molecule has 76 valence electrons. The summed E-state index contributed by atoms with van der Waals surface area (Å²) in [6, 6.07) is 0. The van der Waals surface area contributed by atoms with Crippen molar-refractivity contribution in [2.45, 2.75) is 19.1 Å². The molecule has 4 nitrogen and oxygen atoms in total. The van der Waals surface area contributed by atoms with Gasteiger partial charge in [0, 0.05) is 6.54 Å². The maximum absolute atomic E-state index is 11.2. The van der Waals surface area contributed by atoms with Crippen molar-refractivity contribution in [3.05, 3.63) is 0 Å². The third-order valence-corrected chi connectivity index (χ3v) is 4.50. The van der Waals surface area contributed by atoms with Gasteiger partial charge in [0.25, 0.3) is 0 Å². The molecule has 13 heavy (non-hydrogen) atoms. The lowest BCUT2D eigenvalue weighted by Crippen LogP contribution is -2.25. The second kappa shape index (κ2) is 3.55. The fourth-order valence-electron chi connectivity index (χ4n) is 1.99. The predicted octanol–water partition coefficient (Wildman–Crippen LogP) is -0.243. The Hall–Kier alpha value is -0.130. The molecule has 0 saturated carbocycles. The normalized spacial score (nSPS) is 38.2. The van der Waals surface area contributed by atoms with Gasteiger partial charge in [-0.2, -0.15) is 0 Å². The maximum atomic E-state index is 11.2. The molecule has 0 spiro atoms. The van der Waals surface area contributed by atoms with Gasteiger partial charge >= 0.3 is 0 Å². The van der Waals surface area contributed by atoms with Crippen LogP contribution in [0.2, 0.25) is 0 Å². The molecule has 1 N–H and O–H groups in total. The summed E-state index contributed by atoms with van der Waals surface area (Å²) in [5.74, 6) is 1.03. The summed E-state index contributed by atoms with van der Waals surface area (Å²) < 4.78 is 27.7. The lowest BCUT2D eigenvalue weighted by atomic mass is 10.0. The van der Waals surface area contributed by atoms with E-state index in [1.807, 2.05) is 0 Å². The van der Waals surface area contributed by atoms with E-state index in [-0.39, 0.29) is 6.23 Å². The minimum atomic E-state index is -2.72. The highest BCUT2D eigenvalue weighted by molar-refractivity contribution is 7.91. The Balaban J connectivity index is 1.83. The highest BCUT2D eigenvalue weighted by atomic mass is 32.2. The fourth-order valence-corrected chi connectivity index (χ4v) is 3.87. The molecule has 0 aromatic carbocycles. The third kappa shape index (κ3) is 2.42. The first-order valence-corrected chi connectivity index (χ1v) is 6.53. The average molecular weight is 205 g/mol. The Morgan fingerprint density at radius 3 is 2.85 bits per heavy atom. The second-order valence-corrected chi connectivity index (χ2v) is 6.05. The van der Waals surface area contributed by atoms with Gasteiger partial charge in [-0.3, -0.25) is 5.32 Å². The van der Waals surface area contributed by atoms with Crippen LogP contribution >= 0.6 is 0 Å². The van der Waals surface area contributed by atoms with E-state index in [0.717, 1.165) is 26.0 Å². The van der Waals surface area contributed by atoms with Crippen molar-refractivity contribution in [1.29, 1.82) is 0 Å². The van der Waals surface area contributed by atoms with Crippen LogP contribution < -0.4 is 5.32 Å². The van der Waals surface area contributed by atoms with Crippen molar-refractivity contribution < 1.29 is 13.2 Å². The zero-order chi connectivity index (χ0) is 9.31. The molecule has 0 amide bonds. The van der Waals surface area contributed by atoms with Crippen molar-refractivity contribution in [3.8, 4) is 0 Å². The topological polar surface area (TPSA) is 55.4 Å². The first-order valence-electron chi connectivity index (χ1n) is 4.71. The first kappa shape index (κ1) is 9.43. The minimum absolute atomic E-state index is 0.0956. The number of hydrogen-bond donors (Lipinski definition) is 1. The van der Waals surface area contributed by atoms with Gasteiger partial charge in [-0.05, 0) is 18.8 Å². The van der Waals surface area contributed by atoms with Crippen LogP contribution in [0.1, 0.15) is 12.8 Å². The fraction of sp³-hybridized carbons (Fsp3) is 1.00. The number of rotatable bonds is 2. The molecule has 2 saturated heterocycles. The van der Waals surface area contributed by atoms with Crippen LogP contribution in [0.25, 0.3) is 0 Å². The van der Waals surface area contributed by atoms with E-state index in [2.05, 4.69) is 5.32 Å². The smallest absolute Gasteiger partial charge is 0.150 e. The number of hydrogen-bond acceptors (Lipinski definition) is 4. The Labute approximate surface area is 78.6 Å². The molecule has 0 radical (unpaired) electrons. The highest BCUT2D eigenvalue weighted by Gasteiger charge is 2.30. The molecule has 2 atom stereocenters. The van der Waals surface area contributed by atoms with Crippen LogP contribution in [0.3, 0.4) is 0 Å². The van der Waals surface area contributed by atoms with Crippen LogP contribution in [-0.4, -0.2) is 39.3 Å². The average Bonchev–Trinajstić information content (AvgIpc) is 2.61. The van der Waals surface area contributed by atoms with Crippen molar-refractivity contribution in [2.75, 3.05) is 24.7 Å². The molecule has 0 bridgehead atoms. The lowest BCUT2D eigenvalue weighted by molar-refractivity contribution is 0.0826. The van der Waals surface area contributed by atoms with E-state index in [0.29, 0.717) is 17.4 Å². The summed E-state index contributed by atoms with van der Waals surface area (Å²) >= 11 is 0. The summed E-state index contributed by atoms with van der Waals surface area (Å²) in [6.45, 7) is 1.65. The molecule has 2 unspecified atom stereocenters. The molecule has 0 aromatic rings. The zero-order valence-electron chi connectivity index (χ0n) is 7.53. The van der Waals surface area contributed by atoms with Crippen LogP contribution in [0, 0.1) is 5.92 Å². The van der Waals surface area contributed by atoms with Gasteiger partial charge in [0.2, 0.25) is 0 Å². The molecule has 2 aliphatic heterocycles. The summed E-state index contributed by atoms with van der Waals surface area (Å²) in [6.07, 6.45) is 1.75. The van der Waals surface area contributed by atoms with E-state index < -0.39 is 9.84 Å². The van der Waals surface area contributed by atoms with E-state index in [9.17, 15) is 8.42 Å². The van der Waals surface area contributed by atoms with Crippen molar-refractivity contribution in [1.82, 2.24) is 5.32 Å². The number of nitrogens with one attached hydrogen (secondary N) is 1. The van der Waals surface area contributed by atoms with Crippen molar-refractivity contribution >= 4 is 9.84 Å². The van der Waals surface area contributed by atoms with E-state index in [1.165, 1.54) is 0 Å². The molecule has 0 aliphatic carbocycles. The van der Waals surface area contributed by atoms with Crippen LogP contribution in [0.15, 0.2) is 0 Å². The van der Waals surface area contributed by atoms with E-state index in [1.54, 1.807) is 0 Å². The Morgan fingerprint density at radius 1 is 1.46 bits per heavy atom. The number of ether oxygens (including phenoxy) is 1. The monoisotopic (exact) mass is 205 g/mol. The van der Waals surface area contributed by atoms with Gasteiger partial charge in [0.1, 0.15) is 6.23 Å². The minimum Gasteiger partial charge on any atom is -0.362 e. The highest BCUT2D eigenvalue weighted by Crippen LogP contribution is 2.23. The first-order chi connectivity index (χ1) is 6.16. The van der Waals surface area contributed by atoms with Crippen LogP contribution in [0.5, 0.6) is 0 Å².